The number of aromatic hydroxyl groups is 1. The number of carbonyl (C=O) groups excluding carboxylic acids is 1. The highest BCUT2D eigenvalue weighted by Gasteiger charge is 2.34. The molecule has 23 heavy (non-hydrogen) atoms. The number of hydrogen-bond acceptors (Lipinski definition) is 3. The number of hydrogen-bond donors (Lipinski definition) is 2. The quantitative estimate of drug-likeness (QED) is 0.671. The molecule has 2 rings (SSSR count). The lowest BCUT2D eigenvalue weighted by Crippen LogP contribution is -2.22. The first-order chi connectivity index (χ1) is 10.8. The van der Waals surface area contributed by atoms with Gasteiger partial charge in [0.2, 0.25) is 0 Å². The van der Waals surface area contributed by atoms with Gasteiger partial charge >= 0.3 is 6.18 Å². The first-order valence-electron chi connectivity index (χ1n) is 6.58. The highest BCUT2D eigenvalue weighted by atomic mass is 19.4. The molecule has 0 atom stereocenters. The van der Waals surface area contributed by atoms with E-state index in [1.54, 1.807) is 19.1 Å². The molecule has 0 saturated heterocycles. The maximum absolute atomic E-state index is 12.8. The van der Waals surface area contributed by atoms with E-state index in [2.05, 4.69) is 5.10 Å². The fourth-order valence-electron chi connectivity index (χ4n) is 1.93. The van der Waals surface area contributed by atoms with Gasteiger partial charge in [-0.25, -0.2) is 5.43 Å². The molecule has 120 valence electrons. The molecular weight excluding hydrogens is 309 g/mol. The van der Waals surface area contributed by atoms with E-state index >= 15 is 0 Å². The normalized spacial score (nSPS) is 11.7. The van der Waals surface area contributed by atoms with Crippen molar-refractivity contribution < 1.29 is 23.1 Å². The maximum Gasteiger partial charge on any atom is 0.417 e. The van der Waals surface area contributed by atoms with E-state index in [4.69, 9.17) is 0 Å². The van der Waals surface area contributed by atoms with Crippen LogP contribution in [0.3, 0.4) is 0 Å². The molecule has 0 spiro atoms. The van der Waals surface area contributed by atoms with Crippen molar-refractivity contribution in [2.45, 2.75) is 13.1 Å². The Hall–Kier alpha value is -2.83. The number of nitrogens with zero attached hydrogens (tertiary/aromatic N) is 1. The number of benzene rings is 2. The number of nitrogens with one attached hydrogen (secondary N) is 1. The molecule has 4 nitrogen and oxygen atoms in total. The molecule has 0 radical (unpaired) electrons. The summed E-state index contributed by atoms with van der Waals surface area (Å²) >= 11 is 0. The first kappa shape index (κ1) is 16.5. The van der Waals surface area contributed by atoms with E-state index < -0.39 is 23.2 Å². The van der Waals surface area contributed by atoms with Gasteiger partial charge in [0.1, 0.15) is 5.75 Å². The Labute approximate surface area is 130 Å². The SMILES string of the molecule is Cc1ccc(O)c(/C=N/NC(=O)c2ccccc2C(F)(F)F)c1. The zero-order chi connectivity index (χ0) is 17.0. The van der Waals surface area contributed by atoms with E-state index in [1.165, 1.54) is 18.2 Å². The fourth-order valence-corrected chi connectivity index (χ4v) is 1.93. The van der Waals surface area contributed by atoms with Crippen molar-refractivity contribution in [1.82, 2.24) is 5.43 Å². The number of carbonyl (C=O) groups is 1. The Morgan fingerprint density at radius 1 is 1.22 bits per heavy atom. The Morgan fingerprint density at radius 3 is 2.61 bits per heavy atom. The second-order valence-electron chi connectivity index (χ2n) is 4.80. The smallest absolute Gasteiger partial charge is 0.417 e. The number of halogens is 3. The molecule has 1 amide bonds. The lowest BCUT2D eigenvalue weighted by molar-refractivity contribution is -0.137. The Bertz CT molecular complexity index is 755. The second kappa shape index (κ2) is 6.51. The lowest BCUT2D eigenvalue weighted by Gasteiger charge is -2.11. The summed E-state index contributed by atoms with van der Waals surface area (Å²) in [5, 5.41) is 13.2. The zero-order valence-corrected chi connectivity index (χ0v) is 12.1. The van der Waals surface area contributed by atoms with Crippen molar-refractivity contribution in [1.29, 1.82) is 0 Å². The minimum Gasteiger partial charge on any atom is -0.507 e. The molecule has 0 aliphatic heterocycles. The average Bonchev–Trinajstić information content (AvgIpc) is 2.49. The molecular formula is C16H13F3N2O2. The van der Waals surface area contributed by atoms with E-state index in [0.29, 0.717) is 5.56 Å². The summed E-state index contributed by atoms with van der Waals surface area (Å²) in [6, 6.07) is 9.19. The number of aryl methyl sites for hydroxylation is 1. The van der Waals surface area contributed by atoms with Crippen LogP contribution in [-0.4, -0.2) is 17.2 Å². The molecule has 0 saturated carbocycles. The number of phenols is 1. The van der Waals surface area contributed by atoms with Gasteiger partial charge in [0.15, 0.2) is 0 Å². The standard InChI is InChI=1S/C16H13F3N2O2/c1-10-6-7-14(22)11(8-10)9-20-21-15(23)12-4-2-3-5-13(12)16(17,18)19/h2-9,22H,1H3,(H,21,23)/b20-9+. The highest BCUT2D eigenvalue weighted by molar-refractivity contribution is 5.96. The first-order valence-corrected chi connectivity index (χ1v) is 6.58. The van der Waals surface area contributed by atoms with Crippen LogP contribution < -0.4 is 5.43 Å². The molecule has 0 aliphatic rings. The number of amides is 1. The summed E-state index contributed by atoms with van der Waals surface area (Å²) in [6.07, 6.45) is -3.47. The van der Waals surface area contributed by atoms with Gasteiger partial charge in [-0.15, -0.1) is 0 Å². The van der Waals surface area contributed by atoms with Crippen molar-refractivity contribution in [3.8, 4) is 5.75 Å². The van der Waals surface area contributed by atoms with Crippen molar-refractivity contribution in [2.24, 2.45) is 5.10 Å². The minimum atomic E-state index is -4.63. The summed E-state index contributed by atoms with van der Waals surface area (Å²) < 4.78 is 38.5. The van der Waals surface area contributed by atoms with Crippen LogP contribution in [0.4, 0.5) is 13.2 Å². The van der Waals surface area contributed by atoms with E-state index in [1.807, 2.05) is 5.43 Å². The topological polar surface area (TPSA) is 61.7 Å². The van der Waals surface area contributed by atoms with Crippen LogP contribution in [0.5, 0.6) is 5.75 Å². The van der Waals surface area contributed by atoms with Crippen LogP contribution in [0.1, 0.15) is 27.0 Å². The number of phenolic OH excluding ortho intramolecular Hbond substituents is 1. The molecule has 0 aliphatic carbocycles. The molecule has 2 aromatic carbocycles. The van der Waals surface area contributed by atoms with Crippen LogP contribution in [0, 0.1) is 6.92 Å². The van der Waals surface area contributed by atoms with E-state index in [-0.39, 0.29) is 5.75 Å². The molecule has 2 N–H and O–H groups in total. The van der Waals surface area contributed by atoms with Gasteiger partial charge in [-0.1, -0.05) is 23.8 Å². The molecule has 0 bridgehead atoms. The van der Waals surface area contributed by atoms with Crippen LogP contribution in [-0.2, 0) is 6.18 Å². The second-order valence-corrected chi connectivity index (χ2v) is 4.80. The van der Waals surface area contributed by atoms with Crippen molar-refractivity contribution in [2.75, 3.05) is 0 Å². The summed E-state index contributed by atoms with van der Waals surface area (Å²) in [6.45, 7) is 1.80. The number of rotatable bonds is 3. The molecule has 7 heteroatoms. The van der Waals surface area contributed by atoms with Gasteiger partial charge in [-0.05, 0) is 31.2 Å². The average molecular weight is 322 g/mol. The third kappa shape index (κ3) is 4.09. The minimum absolute atomic E-state index is 0.0516. The van der Waals surface area contributed by atoms with Gasteiger partial charge in [0.05, 0.1) is 17.3 Å². The summed E-state index contributed by atoms with van der Waals surface area (Å²) in [4.78, 5) is 11.9. The summed E-state index contributed by atoms with van der Waals surface area (Å²) in [5.41, 5.74) is 1.67. The summed E-state index contributed by atoms with van der Waals surface area (Å²) in [7, 11) is 0. The third-order valence-electron chi connectivity index (χ3n) is 3.03. The molecule has 0 heterocycles. The predicted octanol–water partition coefficient (Wildman–Crippen LogP) is 3.48. The van der Waals surface area contributed by atoms with Crippen LogP contribution in [0.15, 0.2) is 47.6 Å². The van der Waals surface area contributed by atoms with Gasteiger partial charge in [-0.2, -0.15) is 18.3 Å². The monoisotopic (exact) mass is 322 g/mol. The fraction of sp³-hybridized carbons (Fsp3) is 0.125. The molecule has 0 fully saturated rings. The van der Waals surface area contributed by atoms with Gasteiger partial charge in [0.25, 0.3) is 5.91 Å². The van der Waals surface area contributed by atoms with Crippen molar-refractivity contribution in [3.05, 3.63) is 64.7 Å². The highest BCUT2D eigenvalue weighted by Crippen LogP contribution is 2.31. The lowest BCUT2D eigenvalue weighted by atomic mass is 10.1. The Balaban J connectivity index is 2.18. The third-order valence-corrected chi connectivity index (χ3v) is 3.03. The van der Waals surface area contributed by atoms with Crippen molar-refractivity contribution in [3.63, 3.8) is 0 Å². The van der Waals surface area contributed by atoms with E-state index in [9.17, 15) is 23.1 Å². The molecule has 0 aromatic heterocycles. The predicted molar refractivity (Wildman–Crippen MR) is 79.3 cm³/mol. The van der Waals surface area contributed by atoms with Gasteiger partial charge in [-0.3, -0.25) is 4.79 Å². The van der Waals surface area contributed by atoms with Crippen molar-refractivity contribution >= 4 is 12.1 Å². The Kier molecular flexibility index (Phi) is 4.68. The van der Waals surface area contributed by atoms with Gasteiger partial charge in [0, 0.05) is 5.56 Å². The van der Waals surface area contributed by atoms with Crippen LogP contribution in [0.25, 0.3) is 0 Å². The maximum atomic E-state index is 12.8. The number of alkyl halides is 3. The van der Waals surface area contributed by atoms with Gasteiger partial charge < -0.3 is 5.11 Å². The zero-order valence-electron chi connectivity index (χ0n) is 12.1. The van der Waals surface area contributed by atoms with Crippen LogP contribution >= 0.6 is 0 Å². The molecule has 2 aromatic rings. The van der Waals surface area contributed by atoms with Crippen LogP contribution in [0.2, 0.25) is 0 Å². The van der Waals surface area contributed by atoms with E-state index in [0.717, 1.165) is 23.9 Å². The largest absolute Gasteiger partial charge is 0.507 e. The Morgan fingerprint density at radius 2 is 1.91 bits per heavy atom. The number of hydrazone groups is 1. The molecule has 0 unspecified atom stereocenters. The summed E-state index contributed by atoms with van der Waals surface area (Å²) in [5.74, 6) is -1.04.